The number of anilines is 2. The Morgan fingerprint density at radius 2 is 2.17 bits per heavy atom. The standard InChI is InChI=1S/C18H18N6/c1-13(2)6-4-7-14(3)17-22-18(15-8-5-11-24(15)23-17)21-16-9-10-19-12-20-16/h4-12H,3H2,1-2H3,(H,19,20,21,22,23)/b7-4-. The SMILES string of the molecule is C=C(/C=C\C=C(C)C)c1nc(Nc2ccncn2)c2cccn2n1. The van der Waals surface area contributed by atoms with Gasteiger partial charge in [0.05, 0.1) is 0 Å². The van der Waals surface area contributed by atoms with Crippen LogP contribution < -0.4 is 5.32 Å². The van der Waals surface area contributed by atoms with E-state index in [9.17, 15) is 0 Å². The molecule has 0 spiro atoms. The minimum absolute atomic E-state index is 0.550. The maximum Gasteiger partial charge on any atom is 0.181 e. The van der Waals surface area contributed by atoms with E-state index in [2.05, 4.69) is 31.9 Å². The van der Waals surface area contributed by atoms with Gasteiger partial charge in [-0.3, -0.25) is 0 Å². The van der Waals surface area contributed by atoms with Crippen LogP contribution in [0.2, 0.25) is 0 Å². The molecular weight excluding hydrogens is 300 g/mol. The van der Waals surface area contributed by atoms with Crippen molar-refractivity contribution in [3.63, 3.8) is 0 Å². The fourth-order valence-corrected chi connectivity index (χ4v) is 2.08. The minimum atomic E-state index is 0.550. The zero-order chi connectivity index (χ0) is 16.9. The second-order valence-electron chi connectivity index (χ2n) is 5.47. The van der Waals surface area contributed by atoms with Crippen molar-refractivity contribution in [3.05, 3.63) is 73.1 Å². The average molecular weight is 318 g/mol. The Hall–Kier alpha value is -3.28. The van der Waals surface area contributed by atoms with Gasteiger partial charge in [-0.15, -0.1) is 5.10 Å². The summed E-state index contributed by atoms with van der Waals surface area (Å²) in [5, 5.41) is 7.70. The summed E-state index contributed by atoms with van der Waals surface area (Å²) < 4.78 is 1.77. The van der Waals surface area contributed by atoms with Gasteiger partial charge in [-0.25, -0.2) is 19.5 Å². The van der Waals surface area contributed by atoms with Crippen molar-refractivity contribution in [2.75, 3.05) is 5.32 Å². The third-order valence-corrected chi connectivity index (χ3v) is 3.23. The topological polar surface area (TPSA) is 68.0 Å². The van der Waals surface area contributed by atoms with Crippen molar-refractivity contribution in [1.29, 1.82) is 0 Å². The van der Waals surface area contributed by atoms with E-state index in [1.807, 2.05) is 50.4 Å². The monoisotopic (exact) mass is 318 g/mol. The molecule has 0 fully saturated rings. The predicted molar refractivity (Wildman–Crippen MR) is 95.9 cm³/mol. The van der Waals surface area contributed by atoms with Crippen LogP contribution in [-0.2, 0) is 0 Å². The molecule has 0 aromatic carbocycles. The summed E-state index contributed by atoms with van der Waals surface area (Å²) in [6, 6.07) is 5.64. The van der Waals surface area contributed by atoms with Crippen LogP contribution in [0.4, 0.5) is 11.6 Å². The summed E-state index contributed by atoms with van der Waals surface area (Å²) in [6.07, 6.45) is 10.9. The number of hydrogen-bond donors (Lipinski definition) is 1. The molecular formula is C18H18N6. The van der Waals surface area contributed by atoms with E-state index >= 15 is 0 Å². The van der Waals surface area contributed by atoms with Crippen LogP contribution in [0.1, 0.15) is 19.7 Å². The molecule has 3 rings (SSSR count). The van der Waals surface area contributed by atoms with Gasteiger partial charge in [0, 0.05) is 18.0 Å². The van der Waals surface area contributed by atoms with Gasteiger partial charge in [0.15, 0.2) is 11.6 Å². The molecule has 24 heavy (non-hydrogen) atoms. The normalized spacial score (nSPS) is 10.9. The first-order chi connectivity index (χ1) is 11.6. The minimum Gasteiger partial charge on any atom is -0.323 e. The first-order valence-electron chi connectivity index (χ1n) is 7.53. The fourth-order valence-electron chi connectivity index (χ4n) is 2.08. The van der Waals surface area contributed by atoms with E-state index < -0.39 is 0 Å². The van der Waals surface area contributed by atoms with Gasteiger partial charge in [-0.1, -0.05) is 30.4 Å². The summed E-state index contributed by atoms with van der Waals surface area (Å²) >= 11 is 0. The Balaban J connectivity index is 1.97. The fraction of sp³-hybridized carbons (Fsp3) is 0.111. The first-order valence-corrected chi connectivity index (χ1v) is 7.53. The Morgan fingerprint density at radius 3 is 2.92 bits per heavy atom. The lowest BCUT2D eigenvalue weighted by atomic mass is 10.2. The van der Waals surface area contributed by atoms with Crippen LogP contribution in [0, 0.1) is 0 Å². The highest BCUT2D eigenvalue weighted by Gasteiger charge is 2.09. The quantitative estimate of drug-likeness (QED) is 0.725. The summed E-state index contributed by atoms with van der Waals surface area (Å²) in [6.45, 7) is 8.14. The van der Waals surface area contributed by atoms with Crippen molar-refractivity contribution in [2.45, 2.75) is 13.8 Å². The van der Waals surface area contributed by atoms with Crippen LogP contribution in [0.3, 0.4) is 0 Å². The molecule has 6 heteroatoms. The molecule has 0 atom stereocenters. The Bertz CT molecular complexity index is 917. The lowest BCUT2D eigenvalue weighted by Gasteiger charge is -2.09. The van der Waals surface area contributed by atoms with E-state index in [0.29, 0.717) is 17.5 Å². The number of nitrogens with one attached hydrogen (secondary N) is 1. The van der Waals surface area contributed by atoms with Gasteiger partial charge in [-0.2, -0.15) is 0 Å². The summed E-state index contributed by atoms with van der Waals surface area (Å²) in [4.78, 5) is 12.7. The number of rotatable bonds is 5. The molecule has 3 heterocycles. The number of hydrogen-bond acceptors (Lipinski definition) is 5. The lowest BCUT2D eigenvalue weighted by Crippen LogP contribution is -2.05. The molecule has 0 unspecified atom stereocenters. The van der Waals surface area contributed by atoms with Crippen molar-refractivity contribution in [2.24, 2.45) is 0 Å². The summed E-state index contributed by atoms with van der Waals surface area (Å²) in [5.74, 6) is 1.89. The molecule has 0 amide bonds. The molecule has 0 aliphatic rings. The summed E-state index contributed by atoms with van der Waals surface area (Å²) in [5.41, 5.74) is 2.80. The largest absolute Gasteiger partial charge is 0.323 e. The molecule has 1 N–H and O–H groups in total. The van der Waals surface area contributed by atoms with Crippen LogP contribution >= 0.6 is 0 Å². The molecule has 0 aliphatic heterocycles. The first kappa shape index (κ1) is 15.6. The zero-order valence-corrected chi connectivity index (χ0v) is 13.6. The van der Waals surface area contributed by atoms with E-state index in [4.69, 9.17) is 0 Å². The van der Waals surface area contributed by atoms with E-state index in [1.165, 1.54) is 11.9 Å². The molecule has 0 saturated heterocycles. The van der Waals surface area contributed by atoms with E-state index in [-0.39, 0.29) is 0 Å². The van der Waals surface area contributed by atoms with Gasteiger partial charge in [-0.05, 0) is 32.0 Å². The summed E-state index contributed by atoms with van der Waals surface area (Å²) in [7, 11) is 0. The second kappa shape index (κ2) is 6.87. The van der Waals surface area contributed by atoms with Crippen molar-refractivity contribution >= 4 is 22.7 Å². The Labute approximate surface area is 140 Å². The number of nitrogens with zero attached hydrogens (tertiary/aromatic N) is 5. The molecule has 0 bridgehead atoms. The lowest BCUT2D eigenvalue weighted by molar-refractivity contribution is 0.888. The number of allylic oxidation sites excluding steroid dienone is 5. The molecule has 0 aliphatic carbocycles. The van der Waals surface area contributed by atoms with Crippen LogP contribution in [0.25, 0.3) is 11.1 Å². The number of fused-ring (bicyclic) bond motifs is 1. The highest BCUT2D eigenvalue weighted by molar-refractivity contribution is 5.75. The second-order valence-corrected chi connectivity index (χ2v) is 5.47. The van der Waals surface area contributed by atoms with E-state index in [0.717, 1.165) is 11.1 Å². The highest BCUT2D eigenvalue weighted by Crippen LogP contribution is 2.20. The molecule has 0 saturated carbocycles. The average Bonchev–Trinajstić information content (AvgIpc) is 3.04. The number of aromatic nitrogens is 5. The van der Waals surface area contributed by atoms with Crippen LogP contribution in [0.5, 0.6) is 0 Å². The highest BCUT2D eigenvalue weighted by atomic mass is 15.3. The van der Waals surface area contributed by atoms with Gasteiger partial charge >= 0.3 is 0 Å². The van der Waals surface area contributed by atoms with Gasteiger partial charge in [0.25, 0.3) is 0 Å². The Kier molecular flexibility index (Phi) is 4.47. The molecule has 6 nitrogen and oxygen atoms in total. The Morgan fingerprint density at radius 1 is 1.29 bits per heavy atom. The third-order valence-electron chi connectivity index (χ3n) is 3.23. The molecule has 120 valence electrons. The predicted octanol–water partition coefficient (Wildman–Crippen LogP) is 3.80. The van der Waals surface area contributed by atoms with Crippen LogP contribution in [-0.4, -0.2) is 24.6 Å². The van der Waals surface area contributed by atoms with Gasteiger partial charge < -0.3 is 5.32 Å². The maximum absolute atomic E-state index is 4.59. The third kappa shape index (κ3) is 3.55. The van der Waals surface area contributed by atoms with Crippen molar-refractivity contribution in [1.82, 2.24) is 24.6 Å². The van der Waals surface area contributed by atoms with Gasteiger partial charge in [0.1, 0.15) is 17.7 Å². The van der Waals surface area contributed by atoms with Crippen molar-refractivity contribution in [3.8, 4) is 0 Å². The maximum atomic E-state index is 4.59. The molecule has 0 radical (unpaired) electrons. The van der Waals surface area contributed by atoms with E-state index in [1.54, 1.807) is 16.8 Å². The smallest absolute Gasteiger partial charge is 0.181 e. The van der Waals surface area contributed by atoms with Crippen LogP contribution in [0.15, 0.2) is 67.3 Å². The van der Waals surface area contributed by atoms with Crippen molar-refractivity contribution < 1.29 is 0 Å². The molecule has 3 aromatic rings. The van der Waals surface area contributed by atoms with Gasteiger partial charge in [0.2, 0.25) is 0 Å². The zero-order valence-electron chi connectivity index (χ0n) is 13.6. The molecule has 3 aromatic heterocycles.